The van der Waals surface area contributed by atoms with Gasteiger partial charge in [-0.05, 0) is 22.6 Å². The Hall–Kier alpha value is -0.470. The summed E-state index contributed by atoms with van der Waals surface area (Å²) in [6.07, 6.45) is 3.38. The molecular weight excluding hydrogens is 307 g/mol. The first-order valence-corrected chi connectivity index (χ1v) is 5.90. The summed E-state index contributed by atoms with van der Waals surface area (Å²) in [5, 5.41) is 0. The van der Waals surface area contributed by atoms with Crippen molar-refractivity contribution in [1.82, 2.24) is 9.97 Å². The highest BCUT2D eigenvalue weighted by molar-refractivity contribution is 14.1. The molecule has 1 fully saturated rings. The molecule has 82 valence electrons. The van der Waals surface area contributed by atoms with Crippen LogP contribution in [0.25, 0.3) is 0 Å². The fraction of sp³-hybridized carbons (Fsp3) is 0.556. The summed E-state index contributed by atoms with van der Waals surface area (Å²) in [6.45, 7) is 2.84. The minimum Gasteiger partial charge on any atom is -0.377 e. The third-order valence-electron chi connectivity index (χ3n) is 2.42. The minimum absolute atomic E-state index is 0.224. The normalized spacial score (nSPS) is 21.7. The maximum Gasteiger partial charge on any atom is 0.145 e. The number of hydrogen-bond acceptors (Lipinski definition) is 5. The van der Waals surface area contributed by atoms with E-state index >= 15 is 0 Å². The third kappa shape index (κ3) is 2.37. The Balaban J connectivity index is 2.24. The lowest BCUT2D eigenvalue weighted by Gasteiger charge is -2.36. The molecule has 1 atom stereocenters. The van der Waals surface area contributed by atoms with Gasteiger partial charge in [0.05, 0.1) is 22.8 Å². The molecule has 0 bridgehead atoms. The Morgan fingerprint density at radius 1 is 1.67 bits per heavy atom. The quantitative estimate of drug-likeness (QED) is 0.791. The second-order valence-corrected chi connectivity index (χ2v) is 4.51. The van der Waals surface area contributed by atoms with Crippen LogP contribution in [-0.4, -0.2) is 42.3 Å². The van der Waals surface area contributed by atoms with Gasteiger partial charge in [-0.1, -0.05) is 0 Å². The van der Waals surface area contributed by atoms with Crippen molar-refractivity contribution in [3.63, 3.8) is 0 Å². The van der Waals surface area contributed by atoms with Crippen LogP contribution in [0.2, 0.25) is 0 Å². The molecule has 1 unspecified atom stereocenters. The number of nitrogens with zero attached hydrogens (tertiary/aromatic N) is 3. The Morgan fingerprint density at radius 3 is 3.27 bits per heavy atom. The zero-order chi connectivity index (χ0) is 10.7. The molecule has 2 heterocycles. The topological polar surface area (TPSA) is 64.3 Å². The summed E-state index contributed by atoms with van der Waals surface area (Å²) < 4.78 is 6.45. The molecule has 15 heavy (non-hydrogen) atoms. The molecule has 1 aliphatic heterocycles. The summed E-state index contributed by atoms with van der Waals surface area (Å²) in [5.41, 5.74) is 5.71. The lowest BCUT2D eigenvalue weighted by atomic mass is 10.2. The first kappa shape index (κ1) is 11.0. The van der Waals surface area contributed by atoms with Gasteiger partial charge in [-0.25, -0.2) is 9.97 Å². The third-order valence-corrected chi connectivity index (χ3v) is 3.18. The van der Waals surface area contributed by atoms with Crippen LogP contribution in [0.3, 0.4) is 0 Å². The van der Waals surface area contributed by atoms with E-state index in [9.17, 15) is 0 Å². The van der Waals surface area contributed by atoms with E-state index in [0.717, 1.165) is 22.5 Å². The van der Waals surface area contributed by atoms with Crippen LogP contribution in [0.1, 0.15) is 0 Å². The highest BCUT2D eigenvalue weighted by Crippen LogP contribution is 2.21. The lowest BCUT2D eigenvalue weighted by Crippen LogP contribution is -2.50. The molecule has 0 aliphatic carbocycles. The molecule has 6 heteroatoms. The number of hydrogen-bond donors (Lipinski definition) is 1. The van der Waals surface area contributed by atoms with Crippen molar-refractivity contribution in [2.75, 3.05) is 31.2 Å². The van der Waals surface area contributed by atoms with E-state index in [1.165, 1.54) is 0 Å². The van der Waals surface area contributed by atoms with E-state index in [2.05, 4.69) is 37.5 Å². The maximum atomic E-state index is 5.71. The number of rotatable bonds is 2. The van der Waals surface area contributed by atoms with Crippen LogP contribution in [0.15, 0.2) is 12.5 Å². The lowest BCUT2D eigenvalue weighted by molar-refractivity contribution is 0.0957. The smallest absolute Gasteiger partial charge is 0.145 e. The van der Waals surface area contributed by atoms with Crippen molar-refractivity contribution < 1.29 is 4.74 Å². The molecule has 5 nitrogen and oxygen atoms in total. The van der Waals surface area contributed by atoms with E-state index in [-0.39, 0.29) is 6.04 Å². The van der Waals surface area contributed by atoms with Crippen molar-refractivity contribution in [2.24, 2.45) is 5.73 Å². The number of ether oxygens (including phenoxy) is 1. The number of aromatic nitrogens is 2. The fourth-order valence-electron chi connectivity index (χ4n) is 1.65. The molecule has 1 aromatic rings. The highest BCUT2D eigenvalue weighted by Gasteiger charge is 2.24. The molecule has 0 radical (unpaired) electrons. The van der Waals surface area contributed by atoms with E-state index in [0.29, 0.717) is 13.2 Å². The second-order valence-electron chi connectivity index (χ2n) is 3.35. The zero-order valence-corrected chi connectivity index (χ0v) is 10.4. The standard InChI is InChI=1S/C9H13IN4O/c10-8-4-12-6-13-9(8)14-1-2-15-5-7(14)3-11/h4,6-7H,1-3,5,11H2. The Morgan fingerprint density at radius 2 is 2.53 bits per heavy atom. The van der Waals surface area contributed by atoms with Gasteiger partial charge in [0.1, 0.15) is 12.1 Å². The van der Waals surface area contributed by atoms with Crippen molar-refractivity contribution in [3.05, 3.63) is 16.1 Å². The second kappa shape index (κ2) is 5.04. The molecule has 1 aromatic heterocycles. The van der Waals surface area contributed by atoms with Crippen LogP contribution in [-0.2, 0) is 4.74 Å². The molecule has 1 aliphatic rings. The number of anilines is 1. The van der Waals surface area contributed by atoms with Crippen molar-refractivity contribution in [2.45, 2.75) is 6.04 Å². The Bertz CT molecular complexity index is 336. The van der Waals surface area contributed by atoms with Crippen LogP contribution in [0.5, 0.6) is 0 Å². The van der Waals surface area contributed by atoms with E-state index in [1.54, 1.807) is 6.33 Å². The summed E-state index contributed by atoms with van der Waals surface area (Å²) in [6, 6.07) is 0.224. The van der Waals surface area contributed by atoms with E-state index in [4.69, 9.17) is 10.5 Å². The monoisotopic (exact) mass is 320 g/mol. The number of halogens is 1. The molecule has 2 N–H and O–H groups in total. The van der Waals surface area contributed by atoms with Gasteiger partial charge in [0.25, 0.3) is 0 Å². The Labute approximate surface area is 102 Å². The van der Waals surface area contributed by atoms with Crippen LogP contribution < -0.4 is 10.6 Å². The van der Waals surface area contributed by atoms with Gasteiger partial charge in [0.15, 0.2) is 0 Å². The number of nitrogens with two attached hydrogens (primary N) is 1. The summed E-state index contributed by atoms with van der Waals surface area (Å²) >= 11 is 2.24. The van der Waals surface area contributed by atoms with Crippen molar-refractivity contribution in [1.29, 1.82) is 0 Å². The van der Waals surface area contributed by atoms with Crippen LogP contribution >= 0.6 is 22.6 Å². The van der Waals surface area contributed by atoms with Gasteiger partial charge in [0.2, 0.25) is 0 Å². The predicted octanol–water partition coefficient (Wildman–Crippen LogP) is 0.245. The van der Waals surface area contributed by atoms with Gasteiger partial charge in [-0.3, -0.25) is 0 Å². The molecule has 2 rings (SSSR count). The molecule has 1 saturated heterocycles. The van der Waals surface area contributed by atoms with Crippen molar-refractivity contribution >= 4 is 28.4 Å². The van der Waals surface area contributed by atoms with E-state index in [1.807, 2.05) is 6.20 Å². The molecule has 0 saturated carbocycles. The van der Waals surface area contributed by atoms with Gasteiger partial charge in [-0.15, -0.1) is 0 Å². The van der Waals surface area contributed by atoms with Gasteiger partial charge >= 0.3 is 0 Å². The summed E-state index contributed by atoms with van der Waals surface area (Å²) in [7, 11) is 0. The molecule has 0 amide bonds. The van der Waals surface area contributed by atoms with Crippen LogP contribution in [0, 0.1) is 3.57 Å². The van der Waals surface area contributed by atoms with Crippen LogP contribution in [0.4, 0.5) is 5.82 Å². The van der Waals surface area contributed by atoms with Gasteiger partial charge < -0.3 is 15.4 Å². The molecule has 0 aromatic carbocycles. The fourth-order valence-corrected chi connectivity index (χ4v) is 2.26. The predicted molar refractivity (Wildman–Crippen MR) is 65.8 cm³/mol. The summed E-state index contributed by atoms with van der Waals surface area (Å²) in [4.78, 5) is 10.5. The largest absolute Gasteiger partial charge is 0.377 e. The average Bonchev–Trinajstić information content (AvgIpc) is 2.30. The van der Waals surface area contributed by atoms with Gasteiger partial charge in [0, 0.05) is 19.3 Å². The van der Waals surface area contributed by atoms with Crippen molar-refractivity contribution in [3.8, 4) is 0 Å². The van der Waals surface area contributed by atoms with Gasteiger partial charge in [-0.2, -0.15) is 0 Å². The zero-order valence-electron chi connectivity index (χ0n) is 8.27. The Kier molecular flexibility index (Phi) is 3.71. The minimum atomic E-state index is 0.224. The summed E-state index contributed by atoms with van der Waals surface area (Å²) in [5.74, 6) is 0.962. The average molecular weight is 320 g/mol. The first-order chi connectivity index (χ1) is 7.33. The number of morpholine rings is 1. The first-order valence-electron chi connectivity index (χ1n) is 4.83. The molecular formula is C9H13IN4O. The SMILES string of the molecule is NCC1COCCN1c1ncncc1I. The maximum absolute atomic E-state index is 5.71. The van der Waals surface area contributed by atoms with E-state index < -0.39 is 0 Å². The molecule has 0 spiro atoms. The highest BCUT2D eigenvalue weighted by atomic mass is 127.